The third kappa shape index (κ3) is 3.89. The summed E-state index contributed by atoms with van der Waals surface area (Å²) in [6, 6.07) is 9.66. The molecule has 0 spiro atoms. The van der Waals surface area contributed by atoms with E-state index in [2.05, 4.69) is 30.5 Å². The fraction of sp³-hybridized carbons (Fsp3) is 0.278. The third-order valence-corrected chi connectivity index (χ3v) is 3.98. The number of ether oxygens (including phenoxy) is 3. The van der Waals surface area contributed by atoms with E-state index >= 15 is 0 Å². The Morgan fingerprint density at radius 1 is 0.917 bits per heavy atom. The molecule has 128 valence electrons. The van der Waals surface area contributed by atoms with Crippen LogP contribution in [0.1, 0.15) is 11.1 Å². The second kappa shape index (κ2) is 7.88. The first-order valence-electron chi connectivity index (χ1n) is 7.44. The first-order chi connectivity index (χ1) is 11.5. The summed E-state index contributed by atoms with van der Waals surface area (Å²) in [6.45, 7) is 4.12. The zero-order chi connectivity index (χ0) is 17.7. The molecule has 5 nitrogen and oxygen atoms in total. The Kier molecular flexibility index (Phi) is 5.87. The molecule has 0 saturated carbocycles. The van der Waals surface area contributed by atoms with Gasteiger partial charge in [0.05, 0.1) is 21.3 Å². The van der Waals surface area contributed by atoms with Gasteiger partial charge >= 0.3 is 0 Å². The normalized spacial score (nSPS) is 10.0. The van der Waals surface area contributed by atoms with Crippen LogP contribution < -0.4 is 24.8 Å². The molecule has 0 aliphatic heterocycles. The second-order valence-corrected chi connectivity index (χ2v) is 5.65. The number of anilines is 2. The van der Waals surface area contributed by atoms with Crippen molar-refractivity contribution in [1.29, 1.82) is 0 Å². The van der Waals surface area contributed by atoms with E-state index < -0.39 is 0 Å². The lowest BCUT2D eigenvalue weighted by atomic mass is 10.1. The van der Waals surface area contributed by atoms with Crippen LogP contribution in [0.3, 0.4) is 0 Å². The molecule has 0 saturated heterocycles. The molecule has 0 aliphatic rings. The van der Waals surface area contributed by atoms with Gasteiger partial charge in [0, 0.05) is 23.5 Å². The van der Waals surface area contributed by atoms with Gasteiger partial charge in [-0.3, -0.25) is 0 Å². The fourth-order valence-electron chi connectivity index (χ4n) is 2.32. The van der Waals surface area contributed by atoms with Crippen molar-refractivity contribution in [1.82, 2.24) is 0 Å². The van der Waals surface area contributed by atoms with E-state index in [1.165, 1.54) is 5.56 Å². The molecular weight excluding hydrogens is 324 g/mol. The first kappa shape index (κ1) is 17.9. The van der Waals surface area contributed by atoms with Gasteiger partial charge in [-0.25, -0.2) is 0 Å². The van der Waals surface area contributed by atoms with E-state index in [4.69, 9.17) is 26.4 Å². The van der Waals surface area contributed by atoms with E-state index in [1.807, 2.05) is 12.1 Å². The highest BCUT2D eigenvalue weighted by molar-refractivity contribution is 7.80. The quantitative estimate of drug-likeness (QED) is 0.794. The highest BCUT2D eigenvalue weighted by Crippen LogP contribution is 2.39. The summed E-state index contributed by atoms with van der Waals surface area (Å²) in [5.74, 6) is 1.67. The molecule has 0 atom stereocenters. The number of rotatable bonds is 5. The molecule has 0 heterocycles. The summed E-state index contributed by atoms with van der Waals surface area (Å²) in [7, 11) is 4.72. The van der Waals surface area contributed by atoms with Crippen molar-refractivity contribution in [2.75, 3.05) is 32.0 Å². The monoisotopic (exact) mass is 346 g/mol. The minimum Gasteiger partial charge on any atom is -0.493 e. The average molecular weight is 346 g/mol. The van der Waals surface area contributed by atoms with Crippen LogP contribution in [0, 0.1) is 13.8 Å². The number of aryl methyl sites for hydroxylation is 1. The molecule has 0 radical (unpaired) electrons. The van der Waals surface area contributed by atoms with Gasteiger partial charge in [0.1, 0.15) is 0 Å². The Bertz CT molecular complexity index is 722. The Morgan fingerprint density at radius 2 is 1.54 bits per heavy atom. The van der Waals surface area contributed by atoms with Crippen molar-refractivity contribution in [3.63, 3.8) is 0 Å². The van der Waals surface area contributed by atoms with Gasteiger partial charge in [-0.2, -0.15) is 0 Å². The number of thiocarbonyl (C=S) groups is 1. The van der Waals surface area contributed by atoms with Crippen LogP contribution in [-0.2, 0) is 0 Å². The highest BCUT2D eigenvalue weighted by Gasteiger charge is 2.14. The minimum absolute atomic E-state index is 0.484. The summed E-state index contributed by atoms with van der Waals surface area (Å²) < 4.78 is 16.0. The summed E-state index contributed by atoms with van der Waals surface area (Å²) in [4.78, 5) is 0. The third-order valence-electron chi connectivity index (χ3n) is 3.78. The van der Waals surface area contributed by atoms with Gasteiger partial charge in [-0.05, 0) is 43.3 Å². The Morgan fingerprint density at radius 3 is 2.08 bits per heavy atom. The Balaban J connectivity index is 2.21. The molecule has 0 aromatic heterocycles. The summed E-state index contributed by atoms with van der Waals surface area (Å²) in [5, 5.41) is 6.84. The Hall–Kier alpha value is -2.47. The largest absolute Gasteiger partial charge is 0.493 e. The minimum atomic E-state index is 0.484. The molecule has 2 rings (SSSR count). The van der Waals surface area contributed by atoms with E-state index in [0.717, 1.165) is 16.9 Å². The topological polar surface area (TPSA) is 51.8 Å². The van der Waals surface area contributed by atoms with Crippen LogP contribution in [0.4, 0.5) is 11.4 Å². The number of benzene rings is 2. The molecule has 0 aliphatic carbocycles. The van der Waals surface area contributed by atoms with E-state index in [9.17, 15) is 0 Å². The van der Waals surface area contributed by atoms with Crippen LogP contribution in [0.25, 0.3) is 0 Å². The molecular formula is C18H22N2O3S. The predicted molar refractivity (Wildman–Crippen MR) is 102 cm³/mol. The number of nitrogens with one attached hydrogen (secondary N) is 2. The summed E-state index contributed by atoms with van der Waals surface area (Å²) >= 11 is 5.41. The van der Waals surface area contributed by atoms with Crippen LogP contribution in [0.2, 0.25) is 0 Å². The molecule has 0 fully saturated rings. The molecule has 2 N–H and O–H groups in total. The SMILES string of the molecule is COc1cc(NC(=S)Nc2cccc(C)c2C)cc(OC)c1OC. The van der Waals surface area contributed by atoms with Crippen LogP contribution in [0.5, 0.6) is 17.2 Å². The Labute approximate surface area is 147 Å². The maximum atomic E-state index is 5.41. The number of methoxy groups -OCH3 is 3. The smallest absolute Gasteiger partial charge is 0.203 e. The van der Waals surface area contributed by atoms with Gasteiger partial charge in [0.25, 0.3) is 0 Å². The van der Waals surface area contributed by atoms with Crippen molar-refractivity contribution >= 4 is 28.7 Å². The lowest BCUT2D eigenvalue weighted by molar-refractivity contribution is 0.324. The van der Waals surface area contributed by atoms with Gasteiger partial charge in [0.15, 0.2) is 16.6 Å². The zero-order valence-corrected chi connectivity index (χ0v) is 15.3. The van der Waals surface area contributed by atoms with Crippen LogP contribution >= 0.6 is 12.2 Å². The number of hydrogen-bond donors (Lipinski definition) is 2. The molecule has 2 aromatic carbocycles. The summed E-state index contributed by atoms with van der Waals surface area (Å²) in [6.07, 6.45) is 0. The maximum absolute atomic E-state index is 5.41. The molecule has 0 amide bonds. The van der Waals surface area contributed by atoms with Gasteiger partial charge < -0.3 is 24.8 Å². The second-order valence-electron chi connectivity index (χ2n) is 5.24. The summed E-state index contributed by atoms with van der Waals surface area (Å²) in [5.41, 5.74) is 4.08. The lowest BCUT2D eigenvalue weighted by Crippen LogP contribution is -2.20. The van der Waals surface area contributed by atoms with Crippen molar-refractivity contribution in [3.05, 3.63) is 41.5 Å². The highest BCUT2D eigenvalue weighted by atomic mass is 32.1. The van der Waals surface area contributed by atoms with E-state index in [-0.39, 0.29) is 0 Å². The molecule has 0 bridgehead atoms. The first-order valence-corrected chi connectivity index (χ1v) is 7.85. The molecule has 6 heteroatoms. The van der Waals surface area contributed by atoms with E-state index in [0.29, 0.717) is 22.4 Å². The average Bonchev–Trinajstić information content (AvgIpc) is 2.57. The predicted octanol–water partition coefficient (Wildman–Crippen LogP) is 4.14. The van der Waals surface area contributed by atoms with Gasteiger partial charge in [0.2, 0.25) is 5.75 Å². The van der Waals surface area contributed by atoms with Gasteiger partial charge in [-0.1, -0.05) is 12.1 Å². The van der Waals surface area contributed by atoms with E-state index in [1.54, 1.807) is 33.5 Å². The molecule has 24 heavy (non-hydrogen) atoms. The van der Waals surface area contributed by atoms with Crippen molar-refractivity contribution < 1.29 is 14.2 Å². The van der Waals surface area contributed by atoms with Crippen molar-refractivity contribution in [3.8, 4) is 17.2 Å². The lowest BCUT2D eigenvalue weighted by Gasteiger charge is -2.17. The maximum Gasteiger partial charge on any atom is 0.203 e. The molecule has 2 aromatic rings. The van der Waals surface area contributed by atoms with Crippen molar-refractivity contribution in [2.45, 2.75) is 13.8 Å². The molecule has 0 unspecified atom stereocenters. The standard InChI is InChI=1S/C18H22N2O3S/c1-11-7-6-8-14(12(11)2)20-18(24)19-13-9-15(21-3)17(23-5)16(10-13)22-4/h6-10H,1-5H3,(H2,19,20,24). The van der Waals surface area contributed by atoms with Crippen LogP contribution in [-0.4, -0.2) is 26.4 Å². The van der Waals surface area contributed by atoms with Crippen molar-refractivity contribution in [2.24, 2.45) is 0 Å². The van der Waals surface area contributed by atoms with Crippen LogP contribution in [0.15, 0.2) is 30.3 Å². The van der Waals surface area contributed by atoms with Gasteiger partial charge in [-0.15, -0.1) is 0 Å². The fourth-order valence-corrected chi connectivity index (χ4v) is 2.55. The number of hydrogen-bond acceptors (Lipinski definition) is 4. The zero-order valence-electron chi connectivity index (χ0n) is 14.5.